The second-order valence-electron chi connectivity index (χ2n) is 6.78. The molecule has 0 bridgehead atoms. The van der Waals surface area contributed by atoms with E-state index < -0.39 is 11.7 Å². The molecule has 0 atom stereocenters. The van der Waals surface area contributed by atoms with Gasteiger partial charge in [0.05, 0.1) is 5.56 Å². The smallest absolute Gasteiger partial charge is 0.332 e. The van der Waals surface area contributed by atoms with Gasteiger partial charge in [-0.1, -0.05) is 52.0 Å². The Morgan fingerprint density at radius 2 is 1.42 bits per heavy atom. The molecule has 0 aliphatic carbocycles. The molecule has 0 amide bonds. The molecule has 2 aromatic rings. The number of halogens is 3. The number of hydrogen-bond donors (Lipinski definition) is 2. The summed E-state index contributed by atoms with van der Waals surface area (Å²) in [7, 11) is 0. The number of hydrogen-bond acceptors (Lipinski definition) is 1. The summed E-state index contributed by atoms with van der Waals surface area (Å²) in [5.41, 5.74) is 2.73. The van der Waals surface area contributed by atoms with Gasteiger partial charge in [-0.05, 0) is 53.4 Å². The third-order valence-corrected chi connectivity index (χ3v) is 4.26. The molecule has 0 saturated heterocycles. The number of para-hydroxylation sites is 1. The Labute approximate surface area is 157 Å². The van der Waals surface area contributed by atoms with Crippen molar-refractivity contribution in [1.82, 2.24) is 0 Å². The van der Waals surface area contributed by atoms with Gasteiger partial charge >= 0.3 is 6.18 Å². The first-order valence-corrected chi connectivity index (χ1v) is 8.88. The van der Waals surface area contributed by atoms with Crippen molar-refractivity contribution in [2.45, 2.75) is 45.7 Å². The van der Waals surface area contributed by atoms with Gasteiger partial charge in [0.15, 0.2) is 5.11 Å². The van der Waals surface area contributed by atoms with E-state index in [0.717, 1.165) is 28.9 Å². The molecule has 0 fully saturated rings. The SMILES string of the molecule is CC(C)c1cccc(C(C)C)c1NC(=S)Nc1cccc(C(F)(F)F)c1. The molecule has 0 heterocycles. The van der Waals surface area contributed by atoms with E-state index in [1.807, 2.05) is 18.2 Å². The molecular formula is C20H23F3N2S. The van der Waals surface area contributed by atoms with Gasteiger partial charge in [-0.25, -0.2) is 0 Å². The molecule has 2 N–H and O–H groups in total. The fourth-order valence-electron chi connectivity index (χ4n) is 2.74. The van der Waals surface area contributed by atoms with E-state index in [2.05, 4.69) is 38.3 Å². The van der Waals surface area contributed by atoms with Gasteiger partial charge in [0.2, 0.25) is 0 Å². The molecule has 0 spiro atoms. The van der Waals surface area contributed by atoms with Crippen molar-refractivity contribution >= 4 is 28.7 Å². The molecule has 2 aromatic carbocycles. The number of rotatable bonds is 4. The fraction of sp³-hybridized carbons (Fsp3) is 0.350. The van der Waals surface area contributed by atoms with Gasteiger partial charge in [-0.3, -0.25) is 0 Å². The van der Waals surface area contributed by atoms with E-state index in [1.54, 1.807) is 6.07 Å². The molecule has 6 heteroatoms. The Hall–Kier alpha value is -2.08. The summed E-state index contributed by atoms with van der Waals surface area (Å²) in [6.07, 6.45) is -4.39. The standard InChI is InChI=1S/C20H23F3N2S/c1-12(2)16-9-6-10-17(13(3)4)18(16)25-19(26)24-15-8-5-7-14(11-15)20(21,22)23/h5-13H,1-4H3,(H2,24,25,26). The van der Waals surface area contributed by atoms with Crippen LogP contribution in [-0.2, 0) is 6.18 Å². The van der Waals surface area contributed by atoms with Crippen LogP contribution in [0, 0.1) is 0 Å². The minimum Gasteiger partial charge on any atom is -0.332 e. The second kappa shape index (κ2) is 8.08. The van der Waals surface area contributed by atoms with E-state index in [9.17, 15) is 13.2 Å². The van der Waals surface area contributed by atoms with Gasteiger partial charge < -0.3 is 10.6 Å². The first-order chi connectivity index (χ1) is 12.1. The Morgan fingerprint density at radius 3 is 1.92 bits per heavy atom. The zero-order valence-corrected chi connectivity index (χ0v) is 16.1. The number of alkyl halides is 3. The van der Waals surface area contributed by atoms with Gasteiger partial charge in [0.25, 0.3) is 0 Å². The maximum atomic E-state index is 12.9. The summed E-state index contributed by atoms with van der Waals surface area (Å²) in [6.45, 7) is 8.36. The van der Waals surface area contributed by atoms with E-state index in [1.165, 1.54) is 6.07 Å². The summed E-state index contributed by atoms with van der Waals surface area (Å²) in [6, 6.07) is 11.1. The van der Waals surface area contributed by atoms with Crippen LogP contribution >= 0.6 is 12.2 Å². The molecule has 26 heavy (non-hydrogen) atoms. The van der Waals surface area contributed by atoms with Crippen LogP contribution < -0.4 is 10.6 Å². The molecule has 0 aromatic heterocycles. The normalized spacial score (nSPS) is 11.7. The molecule has 0 radical (unpaired) electrons. The summed E-state index contributed by atoms with van der Waals surface area (Å²) in [5, 5.41) is 6.31. The zero-order chi connectivity index (χ0) is 19.5. The quantitative estimate of drug-likeness (QED) is 0.573. The molecular weight excluding hydrogens is 357 g/mol. The molecule has 0 unspecified atom stereocenters. The summed E-state index contributed by atoms with van der Waals surface area (Å²) < 4.78 is 38.6. The Kier molecular flexibility index (Phi) is 6.29. The molecule has 2 rings (SSSR count). The first-order valence-electron chi connectivity index (χ1n) is 8.47. The monoisotopic (exact) mass is 380 g/mol. The van der Waals surface area contributed by atoms with Crippen LogP contribution in [0.2, 0.25) is 0 Å². The lowest BCUT2D eigenvalue weighted by Gasteiger charge is -2.21. The largest absolute Gasteiger partial charge is 0.416 e. The minimum absolute atomic E-state index is 0.263. The van der Waals surface area contributed by atoms with Crippen molar-refractivity contribution in [3.05, 3.63) is 59.2 Å². The molecule has 0 aliphatic rings. The van der Waals surface area contributed by atoms with Crippen LogP contribution in [-0.4, -0.2) is 5.11 Å². The van der Waals surface area contributed by atoms with Crippen molar-refractivity contribution in [1.29, 1.82) is 0 Å². The van der Waals surface area contributed by atoms with Crippen molar-refractivity contribution in [3.63, 3.8) is 0 Å². The van der Waals surface area contributed by atoms with Crippen LogP contribution in [0.1, 0.15) is 56.2 Å². The maximum absolute atomic E-state index is 12.9. The van der Waals surface area contributed by atoms with E-state index >= 15 is 0 Å². The first kappa shape index (κ1) is 20.2. The maximum Gasteiger partial charge on any atom is 0.416 e. The lowest BCUT2D eigenvalue weighted by Crippen LogP contribution is -2.21. The van der Waals surface area contributed by atoms with Crippen LogP contribution in [0.5, 0.6) is 0 Å². The fourth-order valence-corrected chi connectivity index (χ4v) is 2.96. The topological polar surface area (TPSA) is 24.1 Å². The van der Waals surface area contributed by atoms with Crippen molar-refractivity contribution in [2.75, 3.05) is 10.6 Å². The van der Waals surface area contributed by atoms with Crippen molar-refractivity contribution in [3.8, 4) is 0 Å². The molecule has 2 nitrogen and oxygen atoms in total. The third kappa shape index (κ3) is 4.97. The Morgan fingerprint density at radius 1 is 0.885 bits per heavy atom. The summed E-state index contributed by atoms with van der Waals surface area (Å²) in [4.78, 5) is 0. The summed E-state index contributed by atoms with van der Waals surface area (Å²) >= 11 is 5.34. The molecule has 0 saturated carbocycles. The van der Waals surface area contributed by atoms with Crippen LogP contribution in [0.3, 0.4) is 0 Å². The average molecular weight is 380 g/mol. The predicted octanol–water partition coefficient (Wildman–Crippen LogP) is 6.76. The average Bonchev–Trinajstić information content (AvgIpc) is 2.53. The van der Waals surface area contributed by atoms with Crippen LogP contribution in [0.15, 0.2) is 42.5 Å². The predicted molar refractivity (Wildman–Crippen MR) is 106 cm³/mol. The van der Waals surface area contributed by atoms with Crippen molar-refractivity contribution in [2.24, 2.45) is 0 Å². The van der Waals surface area contributed by atoms with Crippen molar-refractivity contribution < 1.29 is 13.2 Å². The highest BCUT2D eigenvalue weighted by Gasteiger charge is 2.30. The van der Waals surface area contributed by atoms with E-state index in [0.29, 0.717) is 5.69 Å². The van der Waals surface area contributed by atoms with Gasteiger partial charge in [-0.2, -0.15) is 13.2 Å². The third-order valence-electron chi connectivity index (χ3n) is 4.06. The van der Waals surface area contributed by atoms with Gasteiger partial charge in [-0.15, -0.1) is 0 Å². The van der Waals surface area contributed by atoms with Crippen LogP contribution in [0.25, 0.3) is 0 Å². The minimum atomic E-state index is -4.39. The lowest BCUT2D eigenvalue weighted by molar-refractivity contribution is -0.137. The highest BCUT2D eigenvalue weighted by molar-refractivity contribution is 7.80. The Bertz CT molecular complexity index is 757. The highest BCUT2D eigenvalue weighted by atomic mass is 32.1. The number of benzene rings is 2. The number of thiocarbonyl (C=S) groups is 1. The van der Waals surface area contributed by atoms with Crippen LogP contribution in [0.4, 0.5) is 24.5 Å². The van der Waals surface area contributed by atoms with E-state index in [4.69, 9.17) is 12.2 Å². The summed E-state index contributed by atoms with van der Waals surface area (Å²) in [5.74, 6) is 0.570. The lowest BCUT2D eigenvalue weighted by atomic mass is 9.93. The highest BCUT2D eigenvalue weighted by Crippen LogP contribution is 2.33. The molecule has 140 valence electrons. The molecule has 0 aliphatic heterocycles. The number of anilines is 2. The van der Waals surface area contributed by atoms with E-state index in [-0.39, 0.29) is 16.9 Å². The van der Waals surface area contributed by atoms with Gasteiger partial charge in [0.1, 0.15) is 0 Å². The van der Waals surface area contributed by atoms with Gasteiger partial charge in [0, 0.05) is 11.4 Å². The second-order valence-corrected chi connectivity index (χ2v) is 7.19. The number of nitrogens with one attached hydrogen (secondary N) is 2. The Balaban J connectivity index is 2.26. The zero-order valence-electron chi connectivity index (χ0n) is 15.2.